The highest BCUT2D eigenvalue weighted by molar-refractivity contribution is 6.01. The Labute approximate surface area is 188 Å². The fourth-order valence-electron chi connectivity index (χ4n) is 3.29. The summed E-state index contributed by atoms with van der Waals surface area (Å²) in [6.07, 6.45) is 3.33. The molecule has 1 aliphatic heterocycles. The van der Waals surface area contributed by atoms with Crippen molar-refractivity contribution in [3.05, 3.63) is 30.1 Å². The molecule has 2 aromatic rings. The Kier molecular flexibility index (Phi) is 7.50. The SMILES string of the molecule is C/C(=N\C=N/NC(C)C)c1cn2c(n1)-c1ccc(OC(CC(C)C)C(N)=O)cc1OCC2. The maximum Gasteiger partial charge on any atom is 0.258 e. The van der Waals surface area contributed by atoms with E-state index in [0.29, 0.717) is 31.1 Å². The lowest BCUT2D eigenvalue weighted by Gasteiger charge is -2.18. The molecule has 9 nitrogen and oxygen atoms in total. The molecule has 0 aliphatic carbocycles. The largest absolute Gasteiger partial charge is 0.491 e. The van der Waals surface area contributed by atoms with Gasteiger partial charge in [0.1, 0.15) is 36.0 Å². The summed E-state index contributed by atoms with van der Waals surface area (Å²) in [5.41, 5.74) is 10.8. The average Bonchev–Trinajstić information content (AvgIpc) is 3.07. The van der Waals surface area contributed by atoms with Crippen molar-refractivity contribution in [2.45, 2.75) is 59.7 Å². The third-order valence-electron chi connectivity index (χ3n) is 4.85. The number of nitrogens with zero attached hydrogens (tertiary/aromatic N) is 4. The quantitative estimate of drug-likeness (QED) is 0.353. The van der Waals surface area contributed by atoms with Crippen LogP contribution in [0.2, 0.25) is 0 Å². The zero-order valence-electron chi connectivity index (χ0n) is 19.3. The van der Waals surface area contributed by atoms with Crippen LogP contribution in [0.15, 0.2) is 34.5 Å². The van der Waals surface area contributed by atoms with Gasteiger partial charge >= 0.3 is 0 Å². The molecule has 1 aromatic carbocycles. The van der Waals surface area contributed by atoms with Gasteiger partial charge in [-0.25, -0.2) is 9.98 Å². The standard InChI is InChI=1S/C23H32N6O3/c1-14(2)10-21(22(24)30)32-17-6-7-18-20(11-17)31-9-8-29-12-19(27-23(18)29)16(5)25-13-26-28-15(3)4/h6-7,11-15,21,28H,8-10H2,1-5H3,(H2,24,30)/b25-16+,26-13-. The van der Waals surface area contributed by atoms with Crippen molar-refractivity contribution < 1.29 is 14.3 Å². The van der Waals surface area contributed by atoms with Crippen molar-refractivity contribution in [3.8, 4) is 22.9 Å². The highest BCUT2D eigenvalue weighted by Gasteiger charge is 2.22. The number of aromatic nitrogens is 2. The van der Waals surface area contributed by atoms with Crippen LogP contribution in [0, 0.1) is 5.92 Å². The summed E-state index contributed by atoms with van der Waals surface area (Å²) < 4.78 is 13.9. The molecule has 9 heteroatoms. The highest BCUT2D eigenvalue weighted by Crippen LogP contribution is 2.35. The van der Waals surface area contributed by atoms with Gasteiger partial charge in [-0.1, -0.05) is 13.8 Å². The molecule has 1 unspecified atom stereocenters. The Balaban J connectivity index is 1.84. The number of fused-ring (bicyclic) bond motifs is 3. The van der Waals surface area contributed by atoms with E-state index in [2.05, 4.69) is 20.1 Å². The summed E-state index contributed by atoms with van der Waals surface area (Å²) in [6.45, 7) is 11.1. The first-order valence-corrected chi connectivity index (χ1v) is 10.9. The first-order valence-electron chi connectivity index (χ1n) is 10.9. The Hall–Kier alpha value is -3.36. The molecule has 1 aromatic heterocycles. The number of imidazole rings is 1. The second-order valence-corrected chi connectivity index (χ2v) is 8.53. The van der Waals surface area contributed by atoms with E-state index in [9.17, 15) is 4.79 Å². The zero-order valence-corrected chi connectivity index (χ0v) is 19.3. The van der Waals surface area contributed by atoms with Crippen LogP contribution in [-0.2, 0) is 11.3 Å². The van der Waals surface area contributed by atoms with E-state index in [1.54, 1.807) is 6.07 Å². The maximum atomic E-state index is 11.8. The first-order chi connectivity index (χ1) is 15.2. The lowest BCUT2D eigenvalue weighted by atomic mass is 10.1. The second-order valence-electron chi connectivity index (χ2n) is 8.53. The highest BCUT2D eigenvalue weighted by atomic mass is 16.5. The molecule has 0 spiro atoms. The van der Waals surface area contributed by atoms with Gasteiger partial charge in [-0.3, -0.25) is 4.79 Å². The normalized spacial score (nSPS) is 14.7. The number of ether oxygens (including phenoxy) is 2. The summed E-state index contributed by atoms with van der Waals surface area (Å²) in [7, 11) is 0. The zero-order chi connectivity index (χ0) is 23.3. The predicted octanol–water partition coefficient (Wildman–Crippen LogP) is 2.97. The number of benzene rings is 1. The lowest BCUT2D eigenvalue weighted by molar-refractivity contribution is -0.125. The Morgan fingerprint density at radius 1 is 1.38 bits per heavy atom. The molecule has 172 valence electrons. The van der Waals surface area contributed by atoms with Crippen LogP contribution in [0.5, 0.6) is 11.5 Å². The molecular weight excluding hydrogens is 408 g/mol. The van der Waals surface area contributed by atoms with Crippen LogP contribution in [0.25, 0.3) is 11.4 Å². The number of hydrazone groups is 1. The Morgan fingerprint density at radius 2 is 2.16 bits per heavy atom. The molecule has 0 saturated heterocycles. The van der Waals surface area contributed by atoms with E-state index >= 15 is 0 Å². The number of carbonyl (C=O) groups excluding carboxylic acids is 1. The molecule has 0 radical (unpaired) electrons. The van der Waals surface area contributed by atoms with Gasteiger partial charge in [-0.2, -0.15) is 5.10 Å². The third-order valence-corrected chi connectivity index (χ3v) is 4.85. The summed E-state index contributed by atoms with van der Waals surface area (Å²) >= 11 is 0. The van der Waals surface area contributed by atoms with Crippen molar-refractivity contribution in [2.24, 2.45) is 21.7 Å². The number of aliphatic imine (C=N–C) groups is 1. The number of rotatable bonds is 9. The topological polar surface area (TPSA) is 116 Å². The monoisotopic (exact) mass is 440 g/mol. The van der Waals surface area contributed by atoms with E-state index in [0.717, 1.165) is 22.8 Å². The molecule has 0 bridgehead atoms. The molecule has 32 heavy (non-hydrogen) atoms. The first kappa shape index (κ1) is 23.3. The van der Waals surface area contributed by atoms with E-state index in [-0.39, 0.29) is 12.0 Å². The molecule has 2 heterocycles. The van der Waals surface area contributed by atoms with Crippen molar-refractivity contribution >= 4 is 18.0 Å². The van der Waals surface area contributed by atoms with E-state index in [1.807, 2.05) is 52.9 Å². The smallest absolute Gasteiger partial charge is 0.258 e. The number of nitrogens with two attached hydrogens (primary N) is 1. The van der Waals surface area contributed by atoms with E-state index in [1.165, 1.54) is 6.34 Å². The number of hydrogen-bond donors (Lipinski definition) is 2. The minimum atomic E-state index is -0.682. The number of hydrogen-bond acceptors (Lipinski definition) is 6. The molecule has 1 atom stereocenters. The van der Waals surface area contributed by atoms with Gasteiger partial charge < -0.3 is 25.2 Å². The lowest BCUT2D eigenvalue weighted by Crippen LogP contribution is -2.34. The molecular formula is C23H32N6O3. The molecule has 3 rings (SSSR count). The molecule has 0 saturated carbocycles. The van der Waals surface area contributed by atoms with Gasteiger partial charge in [0.05, 0.1) is 17.8 Å². The number of amides is 1. The van der Waals surface area contributed by atoms with Crippen LogP contribution in [-0.4, -0.2) is 46.3 Å². The molecule has 1 aliphatic rings. The fraction of sp³-hybridized carbons (Fsp3) is 0.478. The van der Waals surface area contributed by atoms with Crippen LogP contribution < -0.4 is 20.6 Å². The number of nitrogens with one attached hydrogen (secondary N) is 1. The molecule has 0 fully saturated rings. The van der Waals surface area contributed by atoms with Gasteiger partial charge in [-0.15, -0.1) is 0 Å². The van der Waals surface area contributed by atoms with Crippen LogP contribution in [0.3, 0.4) is 0 Å². The van der Waals surface area contributed by atoms with Gasteiger partial charge in [0.15, 0.2) is 6.10 Å². The number of primary amides is 1. The van der Waals surface area contributed by atoms with E-state index in [4.69, 9.17) is 20.2 Å². The Bertz CT molecular complexity index is 1010. The van der Waals surface area contributed by atoms with Gasteiger partial charge in [0.2, 0.25) is 0 Å². The second kappa shape index (κ2) is 10.3. The maximum absolute atomic E-state index is 11.8. The van der Waals surface area contributed by atoms with Crippen molar-refractivity contribution in [3.63, 3.8) is 0 Å². The third kappa shape index (κ3) is 5.87. The van der Waals surface area contributed by atoms with Crippen LogP contribution in [0.4, 0.5) is 0 Å². The van der Waals surface area contributed by atoms with Gasteiger partial charge in [0, 0.05) is 18.3 Å². The summed E-state index contributed by atoms with van der Waals surface area (Å²) in [5.74, 6) is 1.80. The van der Waals surface area contributed by atoms with Crippen molar-refractivity contribution in [1.29, 1.82) is 0 Å². The summed E-state index contributed by atoms with van der Waals surface area (Å²) in [4.78, 5) is 20.9. The average molecular weight is 441 g/mol. The van der Waals surface area contributed by atoms with Gasteiger partial charge in [-0.05, 0) is 45.2 Å². The summed E-state index contributed by atoms with van der Waals surface area (Å²) in [6, 6.07) is 5.75. The molecule has 3 N–H and O–H groups in total. The summed E-state index contributed by atoms with van der Waals surface area (Å²) in [5, 5.41) is 4.07. The predicted molar refractivity (Wildman–Crippen MR) is 125 cm³/mol. The van der Waals surface area contributed by atoms with Crippen LogP contribution >= 0.6 is 0 Å². The van der Waals surface area contributed by atoms with Crippen LogP contribution in [0.1, 0.15) is 46.7 Å². The van der Waals surface area contributed by atoms with Crippen molar-refractivity contribution in [1.82, 2.24) is 15.0 Å². The minimum absolute atomic E-state index is 0.249. The molecule has 1 amide bonds. The number of carbonyl (C=O) groups is 1. The minimum Gasteiger partial charge on any atom is -0.491 e. The van der Waals surface area contributed by atoms with E-state index < -0.39 is 12.0 Å². The van der Waals surface area contributed by atoms with Gasteiger partial charge in [0.25, 0.3) is 5.91 Å². The fourth-order valence-corrected chi connectivity index (χ4v) is 3.29. The Morgan fingerprint density at radius 3 is 2.84 bits per heavy atom. The van der Waals surface area contributed by atoms with Crippen molar-refractivity contribution in [2.75, 3.05) is 6.61 Å².